The van der Waals surface area contributed by atoms with Gasteiger partial charge in [0.25, 0.3) is 5.56 Å². The standard InChI is InChI=1S/C15H16N4O/c1-11(2)10-18-6-7-19-14(15(18)20)8-13(17-19)12-4-3-5-16-9-12/h3-9,11H,10H2,1-2H3. The third-order valence-corrected chi connectivity index (χ3v) is 3.12. The fourth-order valence-electron chi connectivity index (χ4n) is 2.22. The summed E-state index contributed by atoms with van der Waals surface area (Å²) in [5.74, 6) is 0.427. The van der Waals surface area contributed by atoms with Gasteiger partial charge in [-0.2, -0.15) is 5.10 Å². The summed E-state index contributed by atoms with van der Waals surface area (Å²) < 4.78 is 3.36. The summed E-state index contributed by atoms with van der Waals surface area (Å²) in [7, 11) is 0. The molecule has 102 valence electrons. The average molecular weight is 268 g/mol. The van der Waals surface area contributed by atoms with Crippen molar-refractivity contribution in [3.05, 3.63) is 53.3 Å². The highest BCUT2D eigenvalue weighted by Crippen LogP contribution is 2.16. The lowest BCUT2D eigenvalue weighted by Gasteiger charge is -2.07. The van der Waals surface area contributed by atoms with E-state index >= 15 is 0 Å². The topological polar surface area (TPSA) is 52.2 Å². The van der Waals surface area contributed by atoms with E-state index in [-0.39, 0.29) is 5.56 Å². The highest BCUT2D eigenvalue weighted by atomic mass is 16.1. The molecule has 0 fully saturated rings. The Hall–Kier alpha value is -2.43. The van der Waals surface area contributed by atoms with E-state index in [0.717, 1.165) is 11.3 Å². The summed E-state index contributed by atoms with van der Waals surface area (Å²) in [5.41, 5.74) is 2.25. The molecule has 0 radical (unpaired) electrons. The van der Waals surface area contributed by atoms with Gasteiger partial charge in [0, 0.05) is 36.9 Å². The highest BCUT2D eigenvalue weighted by Gasteiger charge is 2.09. The average Bonchev–Trinajstić information content (AvgIpc) is 2.87. The lowest BCUT2D eigenvalue weighted by Crippen LogP contribution is -2.23. The van der Waals surface area contributed by atoms with E-state index in [9.17, 15) is 4.79 Å². The number of rotatable bonds is 3. The summed E-state index contributed by atoms with van der Waals surface area (Å²) in [6.07, 6.45) is 7.07. The quantitative estimate of drug-likeness (QED) is 0.732. The van der Waals surface area contributed by atoms with Crippen LogP contribution in [0.15, 0.2) is 47.8 Å². The van der Waals surface area contributed by atoms with Gasteiger partial charge in [0.1, 0.15) is 5.52 Å². The first-order chi connectivity index (χ1) is 9.65. The van der Waals surface area contributed by atoms with Gasteiger partial charge in [0.2, 0.25) is 0 Å². The maximum Gasteiger partial charge on any atom is 0.276 e. The molecule has 3 aromatic heterocycles. The molecular weight excluding hydrogens is 252 g/mol. The second kappa shape index (κ2) is 4.92. The summed E-state index contributed by atoms with van der Waals surface area (Å²) in [4.78, 5) is 16.5. The van der Waals surface area contributed by atoms with Gasteiger partial charge in [-0.3, -0.25) is 9.78 Å². The van der Waals surface area contributed by atoms with E-state index in [0.29, 0.717) is 18.0 Å². The van der Waals surface area contributed by atoms with Gasteiger partial charge in [-0.05, 0) is 24.1 Å². The minimum Gasteiger partial charge on any atom is -0.312 e. The van der Waals surface area contributed by atoms with Gasteiger partial charge < -0.3 is 4.57 Å². The molecule has 0 aliphatic rings. The van der Waals surface area contributed by atoms with Crippen LogP contribution in [0, 0.1) is 5.92 Å². The molecular formula is C15H16N4O. The largest absolute Gasteiger partial charge is 0.312 e. The predicted octanol–water partition coefficient (Wildman–Crippen LogP) is 2.21. The SMILES string of the molecule is CC(C)Cn1ccn2nc(-c3cccnc3)cc2c1=O. The smallest absolute Gasteiger partial charge is 0.276 e. The molecule has 3 aromatic rings. The van der Waals surface area contributed by atoms with Crippen molar-refractivity contribution in [2.75, 3.05) is 0 Å². The first-order valence-electron chi connectivity index (χ1n) is 6.64. The number of hydrogen-bond donors (Lipinski definition) is 0. The van der Waals surface area contributed by atoms with Crippen LogP contribution in [-0.4, -0.2) is 19.2 Å². The zero-order valence-electron chi connectivity index (χ0n) is 11.5. The molecule has 0 N–H and O–H groups in total. The number of pyridine rings is 1. The first kappa shape index (κ1) is 12.6. The van der Waals surface area contributed by atoms with E-state index in [1.807, 2.05) is 24.4 Å². The van der Waals surface area contributed by atoms with Crippen LogP contribution in [0.1, 0.15) is 13.8 Å². The van der Waals surface area contributed by atoms with Crippen molar-refractivity contribution >= 4 is 5.52 Å². The fourth-order valence-corrected chi connectivity index (χ4v) is 2.22. The van der Waals surface area contributed by atoms with E-state index in [2.05, 4.69) is 23.9 Å². The summed E-state index contributed by atoms with van der Waals surface area (Å²) >= 11 is 0. The van der Waals surface area contributed by atoms with E-state index < -0.39 is 0 Å². The normalized spacial score (nSPS) is 11.3. The van der Waals surface area contributed by atoms with Crippen molar-refractivity contribution in [3.8, 4) is 11.3 Å². The van der Waals surface area contributed by atoms with Crippen molar-refractivity contribution in [1.29, 1.82) is 0 Å². The van der Waals surface area contributed by atoms with Crippen LogP contribution in [0.2, 0.25) is 0 Å². The fraction of sp³-hybridized carbons (Fsp3) is 0.267. The maximum atomic E-state index is 12.4. The molecule has 0 bridgehead atoms. The minimum absolute atomic E-state index is 0.0103. The molecule has 0 aliphatic heterocycles. The Balaban J connectivity index is 2.12. The van der Waals surface area contributed by atoms with Gasteiger partial charge >= 0.3 is 0 Å². The molecule has 3 heterocycles. The molecule has 0 spiro atoms. The number of fused-ring (bicyclic) bond motifs is 1. The van der Waals surface area contributed by atoms with E-state index in [1.54, 1.807) is 27.7 Å². The van der Waals surface area contributed by atoms with Crippen LogP contribution in [0.5, 0.6) is 0 Å². The van der Waals surface area contributed by atoms with Gasteiger partial charge in [0.15, 0.2) is 0 Å². The van der Waals surface area contributed by atoms with Crippen LogP contribution in [0.4, 0.5) is 0 Å². The van der Waals surface area contributed by atoms with Crippen molar-refractivity contribution in [2.45, 2.75) is 20.4 Å². The second-order valence-corrected chi connectivity index (χ2v) is 5.25. The number of nitrogens with zero attached hydrogens (tertiary/aromatic N) is 4. The second-order valence-electron chi connectivity index (χ2n) is 5.25. The van der Waals surface area contributed by atoms with E-state index in [4.69, 9.17) is 0 Å². The molecule has 0 aromatic carbocycles. The van der Waals surface area contributed by atoms with Gasteiger partial charge in [-0.25, -0.2) is 4.52 Å². The minimum atomic E-state index is -0.0103. The lowest BCUT2D eigenvalue weighted by atomic mass is 10.2. The predicted molar refractivity (Wildman–Crippen MR) is 77.5 cm³/mol. The third kappa shape index (κ3) is 2.22. The van der Waals surface area contributed by atoms with Gasteiger partial charge in [-0.15, -0.1) is 0 Å². The zero-order chi connectivity index (χ0) is 14.1. The third-order valence-electron chi connectivity index (χ3n) is 3.12. The Labute approximate surface area is 116 Å². The summed E-state index contributed by atoms with van der Waals surface area (Å²) in [5, 5.41) is 4.43. The molecule has 5 nitrogen and oxygen atoms in total. The number of hydrogen-bond acceptors (Lipinski definition) is 3. The zero-order valence-corrected chi connectivity index (χ0v) is 11.5. The van der Waals surface area contributed by atoms with Crippen molar-refractivity contribution < 1.29 is 0 Å². The van der Waals surface area contributed by atoms with Gasteiger partial charge in [-0.1, -0.05) is 13.8 Å². The Kier molecular flexibility index (Phi) is 3.10. The monoisotopic (exact) mass is 268 g/mol. The number of aromatic nitrogens is 4. The Morgan fingerprint density at radius 1 is 1.30 bits per heavy atom. The molecule has 0 amide bonds. The molecule has 0 unspecified atom stereocenters. The van der Waals surface area contributed by atoms with Gasteiger partial charge in [0.05, 0.1) is 5.69 Å². The van der Waals surface area contributed by atoms with Crippen LogP contribution in [-0.2, 0) is 6.54 Å². The molecule has 0 aliphatic carbocycles. The highest BCUT2D eigenvalue weighted by molar-refractivity contribution is 5.64. The molecule has 0 saturated carbocycles. The Morgan fingerprint density at radius 3 is 2.85 bits per heavy atom. The molecule has 0 saturated heterocycles. The van der Waals surface area contributed by atoms with Crippen molar-refractivity contribution in [1.82, 2.24) is 19.2 Å². The lowest BCUT2D eigenvalue weighted by molar-refractivity contribution is 0.510. The van der Waals surface area contributed by atoms with Crippen LogP contribution < -0.4 is 5.56 Å². The molecule has 0 atom stereocenters. The Bertz CT molecular complexity index is 786. The Morgan fingerprint density at radius 2 is 2.15 bits per heavy atom. The van der Waals surface area contributed by atoms with Crippen molar-refractivity contribution in [2.24, 2.45) is 5.92 Å². The summed E-state index contributed by atoms with van der Waals surface area (Å²) in [6, 6.07) is 5.61. The van der Waals surface area contributed by atoms with Crippen LogP contribution in [0.3, 0.4) is 0 Å². The molecule has 3 rings (SSSR count). The summed E-state index contributed by atoms with van der Waals surface area (Å²) in [6.45, 7) is 4.89. The van der Waals surface area contributed by atoms with Crippen LogP contribution >= 0.6 is 0 Å². The van der Waals surface area contributed by atoms with Crippen molar-refractivity contribution in [3.63, 3.8) is 0 Å². The first-order valence-corrected chi connectivity index (χ1v) is 6.64. The molecule has 5 heteroatoms. The van der Waals surface area contributed by atoms with Crippen LogP contribution in [0.25, 0.3) is 16.8 Å². The van der Waals surface area contributed by atoms with E-state index in [1.165, 1.54) is 0 Å². The maximum absolute atomic E-state index is 12.4. The molecule has 20 heavy (non-hydrogen) atoms.